The van der Waals surface area contributed by atoms with Crippen molar-refractivity contribution in [3.8, 4) is 11.5 Å². The molecule has 0 aliphatic heterocycles. The zero-order chi connectivity index (χ0) is 37.1. The molecule has 2 aromatic rings. The molecule has 0 spiro atoms. The standard InChI is InChI=1S/C37H62O11Si2/c1-9-43-49(44-10-2,45-11-3)27-15-25-41-33-21-17-31(18-22-33)29-36(7,39)35(38)37(8,40)30-32-19-23-34(24-20-32)42-26-16-28-50(46-12-4,47-13-5)48-14-6/h17-24,39-40H,9-16,25-30H2,1-8H3. The number of aliphatic hydroxyl groups is 2. The summed E-state index contributed by atoms with van der Waals surface area (Å²) >= 11 is 0. The van der Waals surface area contributed by atoms with Crippen molar-refractivity contribution in [2.24, 2.45) is 0 Å². The Labute approximate surface area is 302 Å². The first-order chi connectivity index (χ1) is 23.8. The van der Waals surface area contributed by atoms with Crippen LogP contribution >= 0.6 is 0 Å². The van der Waals surface area contributed by atoms with Crippen molar-refractivity contribution >= 4 is 23.4 Å². The molecule has 0 fully saturated rings. The van der Waals surface area contributed by atoms with E-state index in [1.54, 1.807) is 0 Å². The molecule has 2 N–H and O–H groups in total. The van der Waals surface area contributed by atoms with Crippen LogP contribution in [0.5, 0.6) is 11.5 Å². The molecule has 0 radical (unpaired) electrons. The zero-order valence-electron chi connectivity index (χ0n) is 31.6. The third-order valence-electron chi connectivity index (χ3n) is 7.90. The highest BCUT2D eigenvalue weighted by atomic mass is 28.4. The van der Waals surface area contributed by atoms with E-state index in [1.807, 2.05) is 90.1 Å². The van der Waals surface area contributed by atoms with Crippen molar-refractivity contribution in [2.75, 3.05) is 52.9 Å². The third-order valence-corrected chi connectivity index (χ3v) is 14.2. The van der Waals surface area contributed by atoms with Crippen LogP contribution in [0.3, 0.4) is 0 Å². The zero-order valence-corrected chi connectivity index (χ0v) is 33.6. The van der Waals surface area contributed by atoms with Gasteiger partial charge in [-0.2, -0.15) is 0 Å². The Bertz CT molecular complexity index is 1100. The Kier molecular flexibility index (Phi) is 19.4. The normalized spacial score (nSPS) is 14.6. The second-order valence-electron chi connectivity index (χ2n) is 12.4. The van der Waals surface area contributed by atoms with Gasteiger partial charge in [0.25, 0.3) is 0 Å². The van der Waals surface area contributed by atoms with Gasteiger partial charge in [-0.1, -0.05) is 24.3 Å². The summed E-state index contributed by atoms with van der Waals surface area (Å²) in [4.78, 5) is 13.4. The minimum atomic E-state index is -2.72. The van der Waals surface area contributed by atoms with E-state index in [4.69, 9.17) is 36.0 Å². The van der Waals surface area contributed by atoms with Crippen LogP contribution in [0.4, 0.5) is 0 Å². The van der Waals surface area contributed by atoms with Crippen LogP contribution in [-0.2, 0) is 44.2 Å². The van der Waals surface area contributed by atoms with Gasteiger partial charge in [-0.25, -0.2) is 0 Å². The predicted molar refractivity (Wildman–Crippen MR) is 198 cm³/mol. The summed E-state index contributed by atoms with van der Waals surface area (Å²) in [6, 6.07) is 15.8. The molecular formula is C37H62O11Si2. The van der Waals surface area contributed by atoms with Crippen LogP contribution in [-0.4, -0.2) is 97.7 Å². The number of ether oxygens (including phenoxy) is 2. The number of carbonyl (C=O) groups is 1. The average Bonchev–Trinajstić information content (AvgIpc) is 3.07. The fraction of sp³-hybridized carbons (Fsp3) is 0.649. The molecule has 0 saturated carbocycles. The van der Waals surface area contributed by atoms with E-state index in [2.05, 4.69) is 0 Å². The van der Waals surface area contributed by atoms with Gasteiger partial charge in [-0.15, -0.1) is 0 Å². The van der Waals surface area contributed by atoms with Gasteiger partial charge in [-0.3, -0.25) is 4.79 Å². The predicted octanol–water partition coefficient (Wildman–Crippen LogP) is 6.18. The fourth-order valence-corrected chi connectivity index (χ4v) is 11.1. The highest BCUT2D eigenvalue weighted by Crippen LogP contribution is 2.27. The second kappa shape index (κ2) is 22.0. The molecular weight excluding hydrogens is 677 g/mol. The van der Waals surface area contributed by atoms with Gasteiger partial charge in [0.1, 0.15) is 22.7 Å². The Hall–Kier alpha value is -2.18. The number of Topliss-reactive ketones (excluding diaryl/α,β-unsaturated/α-hetero) is 1. The fourth-order valence-electron chi connectivity index (χ4n) is 5.90. The van der Waals surface area contributed by atoms with Crippen molar-refractivity contribution in [3.63, 3.8) is 0 Å². The summed E-state index contributed by atoms with van der Waals surface area (Å²) in [5.41, 5.74) is -2.09. The van der Waals surface area contributed by atoms with Crippen LogP contribution in [0.2, 0.25) is 12.1 Å². The lowest BCUT2D eigenvalue weighted by Crippen LogP contribution is -2.52. The molecule has 0 aliphatic rings. The lowest BCUT2D eigenvalue weighted by Gasteiger charge is -2.31. The summed E-state index contributed by atoms with van der Waals surface area (Å²) in [5.74, 6) is 0.695. The van der Waals surface area contributed by atoms with Gasteiger partial charge in [-0.05, 0) is 104 Å². The maximum Gasteiger partial charge on any atom is 0.501 e. The number of benzene rings is 2. The molecule has 2 atom stereocenters. The SMILES string of the molecule is CCO[Si](CCCOc1ccc(CC(C)(O)C(=O)C(C)(O)Cc2ccc(OCCC[Si](OCC)(OCC)OCC)cc2)cc1)(OCC)OCC. The number of ketones is 1. The lowest BCUT2D eigenvalue weighted by molar-refractivity contribution is -0.153. The van der Waals surface area contributed by atoms with E-state index in [9.17, 15) is 15.0 Å². The first-order valence-corrected chi connectivity index (χ1v) is 22.0. The largest absolute Gasteiger partial charge is 0.501 e. The van der Waals surface area contributed by atoms with Crippen molar-refractivity contribution < 1.29 is 51.0 Å². The minimum absolute atomic E-state index is 0.0419. The number of rotatable bonds is 28. The maximum absolute atomic E-state index is 13.4. The van der Waals surface area contributed by atoms with E-state index in [0.29, 0.717) is 89.3 Å². The van der Waals surface area contributed by atoms with Crippen LogP contribution in [0.25, 0.3) is 0 Å². The van der Waals surface area contributed by atoms with Crippen LogP contribution in [0, 0.1) is 0 Å². The molecule has 11 nitrogen and oxygen atoms in total. The first-order valence-electron chi connectivity index (χ1n) is 18.1. The highest BCUT2D eigenvalue weighted by molar-refractivity contribution is 6.61. The Morgan fingerprint density at radius 3 is 1.08 bits per heavy atom. The lowest BCUT2D eigenvalue weighted by atomic mass is 9.80. The number of hydrogen-bond donors (Lipinski definition) is 2. The van der Waals surface area contributed by atoms with E-state index >= 15 is 0 Å². The quantitative estimate of drug-likeness (QED) is 0.0767. The Morgan fingerprint density at radius 1 is 0.540 bits per heavy atom. The molecule has 2 aromatic carbocycles. The van der Waals surface area contributed by atoms with Crippen molar-refractivity contribution in [1.29, 1.82) is 0 Å². The van der Waals surface area contributed by atoms with Crippen LogP contribution in [0.1, 0.15) is 79.4 Å². The molecule has 0 amide bonds. The summed E-state index contributed by atoms with van der Waals surface area (Å²) in [6.07, 6.45) is 1.51. The third kappa shape index (κ3) is 14.4. The first kappa shape index (κ1) is 44.0. The van der Waals surface area contributed by atoms with E-state index in [-0.39, 0.29) is 12.8 Å². The van der Waals surface area contributed by atoms with Crippen molar-refractivity contribution in [3.05, 3.63) is 59.7 Å². The van der Waals surface area contributed by atoms with Gasteiger partial charge in [0.15, 0.2) is 5.78 Å². The van der Waals surface area contributed by atoms with Gasteiger partial charge in [0.2, 0.25) is 0 Å². The van der Waals surface area contributed by atoms with E-state index in [1.165, 1.54) is 13.8 Å². The second-order valence-corrected chi connectivity index (χ2v) is 17.9. The smallest absolute Gasteiger partial charge is 0.494 e. The highest BCUT2D eigenvalue weighted by Gasteiger charge is 2.43. The summed E-state index contributed by atoms with van der Waals surface area (Å²) in [6.45, 7) is 18.6. The molecule has 13 heteroatoms. The molecule has 0 aromatic heterocycles. The van der Waals surface area contributed by atoms with Crippen molar-refractivity contribution in [2.45, 2.75) is 104 Å². The maximum atomic E-state index is 13.4. The molecule has 2 rings (SSSR count). The molecule has 0 saturated heterocycles. The Balaban J connectivity index is 1.89. The number of carbonyl (C=O) groups excluding carboxylic acids is 1. The summed E-state index contributed by atoms with van der Waals surface area (Å²) in [5, 5.41) is 22.4. The molecule has 2 unspecified atom stereocenters. The topological polar surface area (TPSA) is 131 Å². The molecule has 50 heavy (non-hydrogen) atoms. The van der Waals surface area contributed by atoms with Crippen LogP contribution in [0.15, 0.2) is 48.5 Å². The summed E-state index contributed by atoms with van der Waals surface area (Å²) < 4.78 is 47.3. The molecule has 0 aliphatic carbocycles. The molecule has 0 heterocycles. The minimum Gasteiger partial charge on any atom is -0.494 e. The number of hydrogen-bond acceptors (Lipinski definition) is 11. The monoisotopic (exact) mass is 738 g/mol. The van der Waals surface area contributed by atoms with Crippen LogP contribution < -0.4 is 9.47 Å². The molecule has 0 bridgehead atoms. The van der Waals surface area contributed by atoms with E-state index < -0.39 is 34.6 Å². The summed E-state index contributed by atoms with van der Waals surface area (Å²) in [7, 11) is -5.43. The van der Waals surface area contributed by atoms with E-state index in [0.717, 1.165) is 11.1 Å². The van der Waals surface area contributed by atoms with Crippen molar-refractivity contribution in [1.82, 2.24) is 0 Å². The van der Waals surface area contributed by atoms with Gasteiger partial charge < -0.3 is 46.2 Å². The van der Waals surface area contributed by atoms with Gasteiger partial charge in [0, 0.05) is 64.6 Å². The Morgan fingerprint density at radius 2 is 0.820 bits per heavy atom. The average molecular weight is 739 g/mol. The van der Waals surface area contributed by atoms with Gasteiger partial charge >= 0.3 is 17.6 Å². The molecule has 284 valence electrons. The van der Waals surface area contributed by atoms with Gasteiger partial charge in [0.05, 0.1) is 13.2 Å².